The normalized spacial score (nSPS) is 12.7. The van der Waals surface area contributed by atoms with Crippen molar-refractivity contribution in [2.24, 2.45) is 10.8 Å². The number of nitrogens with zero attached hydrogens (tertiary/aromatic N) is 3. The second-order valence-electron chi connectivity index (χ2n) is 3.96. The van der Waals surface area contributed by atoms with Crippen LogP contribution in [-0.2, 0) is 4.79 Å². The molecule has 1 rings (SSSR count). The Morgan fingerprint density at radius 1 is 1.56 bits per heavy atom. The van der Waals surface area contributed by atoms with Crippen LogP contribution in [0.3, 0.4) is 0 Å². The minimum absolute atomic E-state index is 0.320. The molecule has 1 aromatic rings. The van der Waals surface area contributed by atoms with Crippen molar-refractivity contribution >= 4 is 11.5 Å². The van der Waals surface area contributed by atoms with Gasteiger partial charge in [-0.2, -0.15) is 0 Å². The molecule has 0 aromatic heterocycles. The summed E-state index contributed by atoms with van der Waals surface area (Å²) in [4.78, 5) is 13.8. The molecule has 94 valence electrons. The Morgan fingerprint density at radius 3 is 2.72 bits per heavy atom. The number of nitrogens with two attached hydrogens (primary N) is 1. The summed E-state index contributed by atoms with van der Waals surface area (Å²) in [7, 11) is 0. The monoisotopic (exact) mass is 244 g/mol. The van der Waals surface area contributed by atoms with Crippen LogP contribution in [0.4, 0.5) is 0 Å². The van der Waals surface area contributed by atoms with Crippen molar-refractivity contribution < 1.29 is 4.79 Å². The summed E-state index contributed by atoms with van der Waals surface area (Å²) in [5, 5.41) is 3.43. The lowest BCUT2D eigenvalue weighted by Gasteiger charge is -2.13. The van der Waals surface area contributed by atoms with Crippen LogP contribution in [0, 0.1) is 6.92 Å². The highest BCUT2D eigenvalue weighted by Crippen LogP contribution is 2.24. The van der Waals surface area contributed by atoms with E-state index in [0.29, 0.717) is 6.42 Å². The smallest absolute Gasteiger partial charge is 0.226 e. The van der Waals surface area contributed by atoms with Gasteiger partial charge in [-0.1, -0.05) is 35.5 Å². The highest BCUT2D eigenvalue weighted by Gasteiger charge is 2.16. The molecule has 0 aliphatic rings. The summed E-state index contributed by atoms with van der Waals surface area (Å²) in [5.74, 6) is -0.610. The molecule has 18 heavy (non-hydrogen) atoms. The van der Waals surface area contributed by atoms with E-state index in [1.807, 2.05) is 44.2 Å². The fraction of sp³-hybridized carbons (Fsp3) is 0.308. The largest absolute Gasteiger partial charge is 0.369 e. The van der Waals surface area contributed by atoms with Gasteiger partial charge >= 0.3 is 0 Å². The van der Waals surface area contributed by atoms with Gasteiger partial charge in [-0.05, 0) is 42.5 Å². The molecule has 0 saturated heterocycles. The van der Waals surface area contributed by atoms with E-state index in [-0.39, 0.29) is 0 Å². The molecule has 0 saturated carbocycles. The molecular formula is C13H16N4O. The number of azide groups is 1. The molecule has 0 bridgehead atoms. The van der Waals surface area contributed by atoms with Gasteiger partial charge in [0, 0.05) is 4.91 Å². The fourth-order valence-corrected chi connectivity index (χ4v) is 1.79. The maximum atomic E-state index is 11.2. The topological polar surface area (TPSA) is 91.8 Å². The van der Waals surface area contributed by atoms with E-state index in [2.05, 4.69) is 10.0 Å². The number of benzene rings is 1. The molecule has 0 fully saturated rings. The van der Waals surface area contributed by atoms with Gasteiger partial charge in [-0.15, -0.1) is 0 Å². The predicted octanol–water partition coefficient (Wildman–Crippen LogP) is 2.95. The first-order valence-corrected chi connectivity index (χ1v) is 5.64. The van der Waals surface area contributed by atoms with Crippen LogP contribution in [0.15, 0.2) is 35.5 Å². The standard InChI is InChI=1S/C13H16N4O/c1-3-10(8-12(13(14)18)16-17-15)11-7-5-4-6-9(11)2/h3-7,12H,8H2,1-2H3,(H2,14,18)/b10-3-/t12-/m0/s1. The zero-order valence-electron chi connectivity index (χ0n) is 10.5. The van der Waals surface area contributed by atoms with Gasteiger partial charge in [0.2, 0.25) is 5.91 Å². The molecule has 5 heteroatoms. The zero-order valence-corrected chi connectivity index (χ0v) is 10.5. The van der Waals surface area contributed by atoms with Crippen molar-refractivity contribution in [3.63, 3.8) is 0 Å². The number of carbonyl (C=O) groups is 1. The lowest BCUT2D eigenvalue weighted by atomic mass is 9.95. The molecule has 1 atom stereocenters. The molecule has 5 nitrogen and oxygen atoms in total. The zero-order chi connectivity index (χ0) is 13.5. The number of hydrogen-bond acceptors (Lipinski definition) is 2. The number of aryl methyl sites for hydroxylation is 1. The summed E-state index contributed by atoms with van der Waals surface area (Å²) in [6.45, 7) is 3.88. The Hall–Kier alpha value is -2.26. The molecule has 0 aliphatic carbocycles. The molecule has 0 heterocycles. The number of carbonyl (C=O) groups excluding carboxylic acids is 1. The van der Waals surface area contributed by atoms with Crippen molar-refractivity contribution in [1.82, 2.24) is 0 Å². The highest BCUT2D eigenvalue weighted by molar-refractivity contribution is 5.83. The quantitative estimate of drug-likeness (QED) is 0.481. The third kappa shape index (κ3) is 3.37. The van der Waals surface area contributed by atoms with E-state index >= 15 is 0 Å². The van der Waals surface area contributed by atoms with Crippen LogP contribution in [-0.4, -0.2) is 11.9 Å². The van der Waals surface area contributed by atoms with Crippen molar-refractivity contribution in [2.75, 3.05) is 0 Å². The van der Waals surface area contributed by atoms with Crippen LogP contribution < -0.4 is 5.73 Å². The summed E-state index contributed by atoms with van der Waals surface area (Å²) in [6.07, 6.45) is 2.23. The lowest BCUT2D eigenvalue weighted by Crippen LogP contribution is -2.26. The fourth-order valence-electron chi connectivity index (χ4n) is 1.79. The average molecular weight is 244 g/mol. The van der Waals surface area contributed by atoms with Crippen molar-refractivity contribution in [1.29, 1.82) is 0 Å². The van der Waals surface area contributed by atoms with Gasteiger partial charge in [0.25, 0.3) is 0 Å². The number of allylic oxidation sites excluding steroid dienone is 1. The van der Waals surface area contributed by atoms with Crippen LogP contribution in [0.1, 0.15) is 24.5 Å². The van der Waals surface area contributed by atoms with Crippen molar-refractivity contribution in [3.8, 4) is 0 Å². The summed E-state index contributed by atoms with van der Waals surface area (Å²) in [5.41, 5.74) is 16.7. The second kappa shape index (κ2) is 6.47. The van der Waals surface area contributed by atoms with Crippen molar-refractivity contribution in [2.45, 2.75) is 26.3 Å². The Labute approximate surface area is 106 Å². The third-order valence-electron chi connectivity index (χ3n) is 2.77. The number of hydrogen-bond donors (Lipinski definition) is 1. The Kier molecular flexibility index (Phi) is 4.96. The Morgan fingerprint density at radius 2 is 2.22 bits per heavy atom. The van der Waals surface area contributed by atoms with Gasteiger partial charge < -0.3 is 5.73 Å². The van der Waals surface area contributed by atoms with E-state index in [9.17, 15) is 4.79 Å². The van der Waals surface area contributed by atoms with E-state index in [1.165, 1.54) is 0 Å². The molecular weight excluding hydrogens is 228 g/mol. The lowest BCUT2D eigenvalue weighted by molar-refractivity contribution is -0.119. The molecule has 1 aromatic carbocycles. The first-order chi connectivity index (χ1) is 8.60. The van der Waals surface area contributed by atoms with Crippen LogP contribution >= 0.6 is 0 Å². The summed E-state index contributed by atoms with van der Waals surface area (Å²) >= 11 is 0. The molecule has 0 unspecified atom stereocenters. The van der Waals surface area contributed by atoms with Crippen molar-refractivity contribution in [3.05, 3.63) is 51.9 Å². The maximum absolute atomic E-state index is 11.2. The maximum Gasteiger partial charge on any atom is 0.226 e. The molecule has 1 amide bonds. The SMILES string of the molecule is C/C=C(/C[C@H](N=[N+]=[N-])C(N)=O)c1ccccc1C. The average Bonchev–Trinajstić information content (AvgIpc) is 2.35. The van der Waals surface area contributed by atoms with Crippen LogP contribution in [0.25, 0.3) is 16.0 Å². The van der Waals surface area contributed by atoms with E-state index < -0.39 is 11.9 Å². The molecule has 0 radical (unpaired) electrons. The first-order valence-electron chi connectivity index (χ1n) is 5.64. The number of amides is 1. The van der Waals surface area contributed by atoms with Gasteiger partial charge in [-0.25, -0.2) is 0 Å². The van der Waals surface area contributed by atoms with Gasteiger partial charge in [0.05, 0.1) is 0 Å². The van der Waals surface area contributed by atoms with Crippen LogP contribution in [0.2, 0.25) is 0 Å². The van der Waals surface area contributed by atoms with Gasteiger partial charge in [-0.3, -0.25) is 4.79 Å². The molecule has 0 aliphatic heterocycles. The number of primary amides is 1. The highest BCUT2D eigenvalue weighted by atomic mass is 16.1. The van der Waals surface area contributed by atoms with E-state index in [4.69, 9.17) is 11.3 Å². The predicted molar refractivity (Wildman–Crippen MR) is 71.6 cm³/mol. The van der Waals surface area contributed by atoms with Crippen LogP contribution in [0.5, 0.6) is 0 Å². The molecule has 2 N–H and O–H groups in total. The number of rotatable bonds is 5. The van der Waals surface area contributed by atoms with Gasteiger partial charge in [0.15, 0.2) is 0 Å². The third-order valence-corrected chi connectivity index (χ3v) is 2.77. The van der Waals surface area contributed by atoms with E-state index in [1.54, 1.807) is 0 Å². The summed E-state index contributed by atoms with van der Waals surface area (Å²) < 4.78 is 0. The minimum Gasteiger partial charge on any atom is -0.369 e. The Balaban J connectivity index is 3.03. The molecule has 0 spiro atoms. The Bertz CT molecular complexity index is 513. The van der Waals surface area contributed by atoms with E-state index in [0.717, 1.165) is 16.7 Å². The minimum atomic E-state index is -0.846. The second-order valence-corrected chi connectivity index (χ2v) is 3.96. The first kappa shape index (κ1) is 13.8. The summed E-state index contributed by atoms with van der Waals surface area (Å²) in [6, 6.07) is 7.00. The van der Waals surface area contributed by atoms with Gasteiger partial charge in [0.1, 0.15) is 6.04 Å².